The Morgan fingerprint density at radius 2 is 2.05 bits per heavy atom. The normalized spacial score (nSPS) is 15.1. The van der Waals surface area contributed by atoms with Crippen molar-refractivity contribution in [3.05, 3.63) is 18.0 Å². The smallest absolute Gasteiger partial charge is 0.396 e. The van der Waals surface area contributed by atoms with Crippen LogP contribution in [0.25, 0.3) is 0 Å². The maximum atomic E-state index is 12.5. The minimum atomic E-state index is -4.52. The highest BCUT2D eigenvalue weighted by Crippen LogP contribution is 2.31. The van der Waals surface area contributed by atoms with Gasteiger partial charge in [-0.3, -0.25) is 0 Å². The van der Waals surface area contributed by atoms with Crippen LogP contribution < -0.4 is 11.1 Å². The molecule has 1 atom stereocenters. The molecule has 1 aromatic heterocycles. The summed E-state index contributed by atoms with van der Waals surface area (Å²) in [5, 5.41) is 12.7. The van der Waals surface area contributed by atoms with Gasteiger partial charge in [-0.25, -0.2) is 4.98 Å². The molecule has 0 saturated heterocycles. The summed E-state index contributed by atoms with van der Waals surface area (Å²) >= 11 is 0. The average molecular weight is 277 g/mol. The highest BCUT2D eigenvalue weighted by atomic mass is 19.4. The Morgan fingerprint density at radius 1 is 1.42 bits per heavy atom. The Morgan fingerprint density at radius 3 is 2.58 bits per heavy atom. The van der Waals surface area contributed by atoms with E-state index in [0.717, 1.165) is 18.7 Å². The quantitative estimate of drug-likeness (QED) is 0.773. The number of aromatic nitrogens is 1. The fraction of sp³-hybridized carbons (Fsp3) is 0.583. The maximum Gasteiger partial charge on any atom is 0.433 e. The number of nitrogen functional groups attached to an aromatic ring is 1. The van der Waals surface area contributed by atoms with Crippen molar-refractivity contribution in [2.45, 2.75) is 38.5 Å². The number of hydrogen-bond acceptors (Lipinski definition) is 4. The Kier molecular flexibility index (Phi) is 4.62. The zero-order chi connectivity index (χ0) is 14.7. The molecule has 1 heterocycles. The van der Waals surface area contributed by atoms with Gasteiger partial charge < -0.3 is 16.2 Å². The topological polar surface area (TPSA) is 71.2 Å². The summed E-state index contributed by atoms with van der Waals surface area (Å²) in [6, 6.07) is 0.845. The summed E-state index contributed by atoms with van der Waals surface area (Å²) in [5.74, 6) is 0. The third kappa shape index (κ3) is 4.59. The van der Waals surface area contributed by atoms with E-state index in [1.54, 1.807) is 6.92 Å². The Bertz CT molecular complexity index is 433. The Hall–Kier alpha value is -1.50. The van der Waals surface area contributed by atoms with E-state index in [1.807, 2.05) is 6.92 Å². The van der Waals surface area contributed by atoms with E-state index in [9.17, 15) is 18.3 Å². The number of nitrogens with one attached hydrogen (secondary N) is 1. The molecule has 4 nitrogen and oxygen atoms in total. The second-order valence-corrected chi connectivity index (χ2v) is 4.76. The molecule has 1 unspecified atom stereocenters. The van der Waals surface area contributed by atoms with E-state index in [4.69, 9.17) is 5.73 Å². The van der Waals surface area contributed by atoms with Crippen LogP contribution in [0.4, 0.5) is 24.5 Å². The van der Waals surface area contributed by atoms with Crippen LogP contribution in [0.1, 0.15) is 32.4 Å². The van der Waals surface area contributed by atoms with E-state index >= 15 is 0 Å². The van der Waals surface area contributed by atoms with Crippen LogP contribution in [0.2, 0.25) is 0 Å². The van der Waals surface area contributed by atoms with Crippen molar-refractivity contribution >= 4 is 11.4 Å². The van der Waals surface area contributed by atoms with Gasteiger partial charge in [0.25, 0.3) is 0 Å². The second-order valence-electron chi connectivity index (χ2n) is 4.76. The summed E-state index contributed by atoms with van der Waals surface area (Å²) < 4.78 is 37.5. The van der Waals surface area contributed by atoms with Gasteiger partial charge in [0.15, 0.2) is 0 Å². The summed E-state index contributed by atoms with van der Waals surface area (Å²) in [7, 11) is 0. The highest BCUT2D eigenvalue weighted by Gasteiger charge is 2.33. The summed E-state index contributed by atoms with van der Waals surface area (Å²) in [4.78, 5) is 3.24. The van der Waals surface area contributed by atoms with Gasteiger partial charge in [-0.05, 0) is 19.4 Å². The molecule has 0 fully saturated rings. The van der Waals surface area contributed by atoms with Crippen LogP contribution in [0.3, 0.4) is 0 Å². The number of hydrogen-bond donors (Lipinski definition) is 3. The minimum absolute atomic E-state index is 0.111. The van der Waals surface area contributed by atoms with Gasteiger partial charge in [-0.15, -0.1) is 0 Å². The molecule has 7 heteroatoms. The number of nitrogens with zero attached hydrogens (tertiary/aromatic N) is 1. The molecule has 108 valence electrons. The number of aliphatic hydroxyl groups is 1. The molecular weight excluding hydrogens is 259 g/mol. The lowest BCUT2D eigenvalue weighted by Gasteiger charge is -2.24. The molecule has 0 aliphatic heterocycles. The predicted molar refractivity (Wildman–Crippen MR) is 67.7 cm³/mol. The summed E-state index contributed by atoms with van der Waals surface area (Å²) in [6.45, 7) is 3.65. The molecule has 0 saturated carbocycles. The lowest BCUT2D eigenvalue weighted by molar-refractivity contribution is -0.141. The summed E-state index contributed by atoms with van der Waals surface area (Å²) in [5.41, 5.74) is 3.79. The molecule has 0 spiro atoms. The molecule has 0 amide bonds. The Balaban J connectivity index is 2.84. The van der Waals surface area contributed by atoms with Crippen molar-refractivity contribution in [1.29, 1.82) is 0 Å². The molecule has 1 aromatic rings. The molecule has 1 rings (SSSR count). The number of anilines is 2. The molecular formula is C12H18F3N3O. The molecule has 0 aliphatic carbocycles. The van der Waals surface area contributed by atoms with Crippen LogP contribution in [-0.2, 0) is 6.18 Å². The monoisotopic (exact) mass is 277 g/mol. The van der Waals surface area contributed by atoms with Crippen molar-refractivity contribution in [3.63, 3.8) is 0 Å². The fourth-order valence-electron chi connectivity index (χ4n) is 1.69. The molecule has 0 radical (unpaired) electrons. The molecule has 19 heavy (non-hydrogen) atoms. The highest BCUT2D eigenvalue weighted by molar-refractivity contribution is 5.65. The van der Waals surface area contributed by atoms with Crippen molar-refractivity contribution in [2.24, 2.45) is 0 Å². The van der Waals surface area contributed by atoms with Gasteiger partial charge >= 0.3 is 6.18 Å². The average Bonchev–Trinajstić information content (AvgIpc) is 2.26. The van der Waals surface area contributed by atoms with Crippen LogP contribution in [0, 0.1) is 0 Å². The zero-order valence-corrected chi connectivity index (χ0v) is 10.9. The SMILES string of the molecule is CCCC(C)(O)CNc1cc(C(F)(F)F)ncc1N. The summed E-state index contributed by atoms with van der Waals surface area (Å²) in [6.07, 6.45) is -2.25. The standard InChI is InChI=1S/C12H18F3N3O/c1-3-4-11(2,19)7-18-9-5-10(12(13,14)15)17-6-8(9)16/h5-6,19H,3-4,7,16H2,1-2H3,(H,17,18). The van der Waals surface area contributed by atoms with Gasteiger partial charge in [-0.1, -0.05) is 13.3 Å². The zero-order valence-electron chi connectivity index (χ0n) is 10.9. The first-order valence-electron chi connectivity index (χ1n) is 5.94. The molecule has 4 N–H and O–H groups in total. The van der Waals surface area contributed by atoms with Crippen LogP contribution >= 0.6 is 0 Å². The predicted octanol–water partition coefficient (Wildman–Crippen LogP) is 2.65. The molecule has 0 aromatic carbocycles. The number of alkyl halides is 3. The lowest BCUT2D eigenvalue weighted by atomic mass is 10.0. The van der Waals surface area contributed by atoms with Gasteiger partial charge in [0, 0.05) is 6.54 Å². The van der Waals surface area contributed by atoms with E-state index in [-0.39, 0.29) is 17.9 Å². The number of nitrogens with two attached hydrogens (primary N) is 1. The first-order valence-corrected chi connectivity index (χ1v) is 5.94. The van der Waals surface area contributed by atoms with Crippen LogP contribution in [0.5, 0.6) is 0 Å². The Labute approximate surface area is 109 Å². The maximum absolute atomic E-state index is 12.5. The van der Waals surface area contributed by atoms with Gasteiger partial charge in [0.05, 0.1) is 23.2 Å². The molecule has 0 bridgehead atoms. The van der Waals surface area contributed by atoms with Crippen LogP contribution in [0.15, 0.2) is 12.3 Å². The van der Waals surface area contributed by atoms with Crippen molar-refractivity contribution in [3.8, 4) is 0 Å². The number of halogens is 3. The molecule has 0 aliphatic rings. The second kappa shape index (κ2) is 5.64. The number of pyridine rings is 1. The van der Waals surface area contributed by atoms with Crippen LogP contribution in [-0.4, -0.2) is 22.2 Å². The first-order chi connectivity index (χ1) is 8.65. The number of rotatable bonds is 5. The van der Waals surface area contributed by atoms with Crippen molar-refractivity contribution < 1.29 is 18.3 Å². The fourth-order valence-corrected chi connectivity index (χ4v) is 1.69. The van der Waals surface area contributed by atoms with E-state index < -0.39 is 17.5 Å². The van der Waals surface area contributed by atoms with Gasteiger partial charge in [-0.2, -0.15) is 13.2 Å². The largest absolute Gasteiger partial charge is 0.433 e. The third-order valence-electron chi connectivity index (χ3n) is 2.67. The van der Waals surface area contributed by atoms with E-state index in [0.29, 0.717) is 6.42 Å². The lowest BCUT2D eigenvalue weighted by Crippen LogP contribution is -2.33. The minimum Gasteiger partial charge on any atom is -0.396 e. The van der Waals surface area contributed by atoms with Crippen molar-refractivity contribution in [1.82, 2.24) is 4.98 Å². The van der Waals surface area contributed by atoms with Crippen molar-refractivity contribution in [2.75, 3.05) is 17.6 Å². The first kappa shape index (κ1) is 15.6. The van der Waals surface area contributed by atoms with Gasteiger partial charge in [0.2, 0.25) is 0 Å². The van der Waals surface area contributed by atoms with E-state index in [1.165, 1.54) is 0 Å². The van der Waals surface area contributed by atoms with E-state index in [2.05, 4.69) is 10.3 Å². The third-order valence-corrected chi connectivity index (χ3v) is 2.67. The van der Waals surface area contributed by atoms with Gasteiger partial charge in [0.1, 0.15) is 5.69 Å².